The van der Waals surface area contributed by atoms with Crippen molar-refractivity contribution in [3.8, 4) is 0 Å². The van der Waals surface area contributed by atoms with Crippen LogP contribution in [0.3, 0.4) is 0 Å². The first-order valence-corrected chi connectivity index (χ1v) is 6.14. The van der Waals surface area contributed by atoms with E-state index in [-0.39, 0.29) is 5.91 Å². The van der Waals surface area contributed by atoms with Crippen LogP contribution < -0.4 is 5.32 Å². The number of rotatable bonds is 3. The van der Waals surface area contributed by atoms with Crippen LogP contribution in [0.1, 0.15) is 17.7 Å². The van der Waals surface area contributed by atoms with Gasteiger partial charge in [-0.1, -0.05) is 0 Å². The molecule has 1 fully saturated rings. The van der Waals surface area contributed by atoms with Crippen LogP contribution in [0.15, 0.2) is 6.20 Å². The minimum Gasteiger partial charge on any atom is -0.340 e. The van der Waals surface area contributed by atoms with Crippen molar-refractivity contribution in [1.82, 2.24) is 20.0 Å². The number of carbonyl (C=O) groups excluding carboxylic acids is 1. The molecule has 0 saturated carbocycles. The number of aromatic nitrogens is 2. The summed E-state index contributed by atoms with van der Waals surface area (Å²) in [6.45, 7) is 5.50. The van der Waals surface area contributed by atoms with E-state index < -0.39 is 0 Å². The third-order valence-electron chi connectivity index (χ3n) is 3.19. The largest absolute Gasteiger partial charge is 0.340 e. The lowest BCUT2D eigenvalue weighted by molar-refractivity contribution is -0.131. The first kappa shape index (κ1) is 12.1. The molecule has 17 heavy (non-hydrogen) atoms. The Bertz CT molecular complexity index is 393. The van der Waals surface area contributed by atoms with E-state index >= 15 is 0 Å². The van der Waals surface area contributed by atoms with Crippen LogP contribution in [0.4, 0.5) is 0 Å². The van der Waals surface area contributed by atoms with Gasteiger partial charge in [-0.15, -0.1) is 0 Å². The molecule has 5 nitrogen and oxygen atoms in total. The molecule has 2 rings (SSSR count). The molecule has 1 aliphatic rings. The van der Waals surface area contributed by atoms with Crippen LogP contribution in [0.5, 0.6) is 0 Å². The monoisotopic (exact) mass is 236 g/mol. The van der Waals surface area contributed by atoms with Gasteiger partial charge in [-0.3, -0.25) is 9.48 Å². The zero-order valence-corrected chi connectivity index (χ0v) is 10.6. The van der Waals surface area contributed by atoms with Gasteiger partial charge in [-0.05, 0) is 18.9 Å². The maximum atomic E-state index is 12.0. The number of amides is 1. The summed E-state index contributed by atoms with van der Waals surface area (Å²) in [6, 6.07) is 0. The highest BCUT2D eigenvalue weighted by atomic mass is 16.2. The van der Waals surface area contributed by atoms with E-state index in [9.17, 15) is 4.79 Å². The molecule has 1 aromatic heterocycles. The summed E-state index contributed by atoms with van der Waals surface area (Å²) in [5, 5.41) is 7.53. The number of nitrogens with one attached hydrogen (secondary N) is 1. The molecule has 0 atom stereocenters. The van der Waals surface area contributed by atoms with Crippen molar-refractivity contribution < 1.29 is 4.79 Å². The lowest BCUT2D eigenvalue weighted by Gasteiger charge is -2.27. The Morgan fingerprint density at radius 3 is 2.76 bits per heavy atom. The molecule has 0 spiro atoms. The van der Waals surface area contributed by atoms with Gasteiger partial charge >= 0.3 is 0 Å². The average molecular weight is 236 g/mol. The summed E-state index contributed by atoms with van der Waals surface area (Å²) >= 11 is 0. The topological polar surface area (TPSA) is 50.2 Å². The standard InChI is InChI=1S/C12H20N4O/c1-10-11(9-15(2)14-10)3-4-12(17)16-7-5-13-6-8-16/h9,13H,3-8H2,1-2H3. The first-order valence-electron chi connectivity index (χ1n) is 6.14. The Balaban J connectivity index is 1.85. The van der Waals surface area contributed by atoms with Gasteiger partial charge in [0.05, 0.1) is 5.69 Å². The van der Waals surface area contributed by atoms with Crippen LogP contribution >= 0.6 is 0 Å². The third kappa shape index (κ3) is 3.06. The lowest BCUT2D eigenvalue weighted by Crippen LogP contribution is -2.46. The van der Waals surface area contributed by atoms with E-state index in [1.54, 1.807) is 4.68 Å². The van der Waals surface area contributed by atoms with Gasteiger partial charge in [0.15, 0.2) is 0 Å². The number of aryl methyl sites for hydroxylation is 3. The second kappa shape index (κ2) is 5.31. The van der Waals surface area contributed by atoms with E-state index in [0.29, 0.717) is 6.42 Å². The second-order valence-electron chi connectivity index (χ2n) is 4.54. The Morgan fingerprint density at radius 1 is 1.47 bits per heavy atom. The molecule has 1 amide bonds. The Kier molecular flexibility index (Phi) is 3.78. The highest BCUT2D eigenvalue weighted by Crippen LogP contribution is 2.09. The molecule has 1 aromatic rings. The molecular formula is C12H20N4O. The lowest BCUT2D eigenvalue weighted by atomic mass is 10.1. The Labute approximate surface area is 102 Å². The van der Waals surface area contributed by atoms with Crippen molar-refractivity contribution in [1.29, 1.82) is 0 Å². The summed E-state index contributed by atoms with van der Waals surface area (Å²) in [4.78, 5) is 13.9. The maximum absolute atomic E-state index is 12.0. The maximum Gasteiger partial charge on any atom is 0.222 e. The van der Waals surface area contributed by atoms with Crippen LogP contribution in [-0.2, 0) is 18.3 Å². The van der Waals surface area contributed by atoms with E-state index in [1.807, 2.05) is 25.1 Å². The predicted octanol–water partition coefficient (Wildman–Crippen LogP) is 0.0929. The van der Waals surface area contributed by atoms with Crippen LogP contribution in [-0.4, -0.2) is 46.8 Å². The van der Waals surface area contributed by atoms with E-state index in [0.717, 1.165) is 38.3 Å². The number of hydrogen-bond donors (Lipinski definition) is 1. The van der Waals surface area contributed by atoms with Crippen LogP contribution in [0.2, 0.25) is 0 Å². The molecule has 94 valence electrons. The Morgan fingerprint density at radius 2 is 2.18 bits per heavy atom. The highest BCUT2D eigenvalue weighted by molar-refractivity contribution is 5.76. The Hall–Kier alpha value is -1.36. The fraction of sp³-hybridized carbons (Fsp3) is 0.667. The van der Waals surface area contributed by atoms with Gasteiger partial charge in [0.2, 0.25) is 5.91 Å². The van der Waals surface area contributed by atoms with Gasteiger partial charge in [0.1, 0.15) is 0 Å². The summed E-state index contributed by atoms with van der Waals surface area (Å²) in [7, 11) is 1.91. The van der Waals surface area contributed by atoms with Gasteiger partial charge < -0.3 is 10.2 Å². The zero-order chi connectivity index (χ0) is 12.3. The molecule has 1 aliphatic heterocycles. The fourth-order valence-electron chi connectivity index (χ4n) is 2.21. The third-order valence-corrected chi connectivity index (χ3v) is 3.19. The summed E-state index contributed by atoms with van der Waals surface area (Å²) in [5.41, 5.74) is 2.21. The highest BCUT2D eigenvalue weighted by Gasteiger charge is 2.16. The molecule has 2 heterocycles. The average Bonchev–Trinajstić information content (AvgIpc) is 2.66. The summed E-state index contributed by atoms with van der Waals surface area (Å²) in [6.07, 6.45) is 3.38. The molecule has 1 saturated heterocycles. The summed E-state index contributed by atoms with van der Waals surface area (Å²) < 4.78 is 1.81. The summed E-state index contributed by atoms with van der Waals surface area (Å²) in [5.74, 6) is 0.259. The predicted molar refractivity (Wildman–Crippen MR) is 65.7 cm³/mol. The molecule has 1 N–H and O–H groups in total. The molecule has 0 radical (unpaired) electrons. The molecule has 0 aromatic carbocycles. The minimum atomic E-state index is 0.259. The van der Waals surface area contributed by atoms with E-state index in [1.165, 1.54) is 5.56 Å². The van der Waals surface area contributed by atoms with Crippen LogP contribution in [0.25, 0.3) is 0 Å². The van der Waals surface area contributed by atoms with Crippen molar-refractivity contribution >= 4 is 5.91 Å². The van der Waals surface area contributed by atoms with Gasteiger partial charge in [0.25, 0.3) is 0 Å². The normalized spacial score (nSPS) is 16.2. The first-order chi connectivity index (χ1) is 8.16. The van der Waals surface area contributed by atoms with Gasteiger partial charge in [-0.2, -0.15) is 5.10 Å². The van der Waals surface area contributed by atoms with Crippen molar-refractivity contribution in [3.05, 3.63) is 17.5 Å². The second-order valence-corrected chi connectivity index (χ2v) is 4.54. The van der Waals surface area contributed by atoms with Gasteiger partial charge in [-0.25, -0.2) is 0 Å². The van der Waals surface area contributed by atoms with E-state index in [4.69, 9.17) is 0 Å². The number of hydrogen-bond acceptors (Lipinski definition) is 3. The quantitative estimate of drug-likeness (QED) is 0.809. The van der Waals surface area contributed by atoms with Gasteiger partial charge in [0, 0.05) is 45.8 Å². The van der Waals surface area contributed by atoms with Crippen molar-refractivity contribution in [2.75, 3.05) is 26.2 Å². The zero-order valence-electron chi connectivity index (χ0n) is 10.6. The fourth-order valence-corrected chi connectivity index (χ4v) is 2.21. The molecular weight excluding hydrogens is 216 g/mol. The molecule has 0 aliphatic carbocycles. The van der Waals surface area contributed by atoms with Crippen molar-refractivity contribution in [3.63, 3.8) is 0 Å². The molecule has 0 unspecified atom stereocenters. The molecule has 0 bridgehead atoms. The molecule has 5 heteroatoms. The number of carbonyl (C=O) groups is 1. The smallest absolute Gasteiger partial charge is 0.222 e. The number of piperazine rings is 1. The number of nitrogens with zero attached hydrogens (tertiary/aromatic N) is 3. The van der Waals surface area contributed by atoms with E-state index in [2.05, 4.69) is 10.4 Å². The van der Waals surface area contributed by atoms with Crippen molar-refractivity contribution in [2.24, 2.45) is 7.05 Å². The van der Waals surface area contributed by atoms with Crippen molar-refractivity contribution in [2.45, 2.75) is 19.8 Å². The van der Waals surface area contributed by atoms with Crippen LogP contribution in [0, 0.1) is 6.92 Å². The minimum absolute atomic E-state index is 0.259. The SMILES string of the molecule is Cc1nn(C)cc1CCC(=O)N1CCNCC1.